The number of aliphatic hydroxyl groups is 1. The number of piperidine rings is 1. The van der Waals surface area contributed by atoms with Crippen molar-refractivity contribution in [3.8, 4) is 22.4 Å². The van der Waals surface area contributed by atoms with Crippen LogP contribution in [0.3, 0.4) is 0 Å². The summed E-state index contributed by atoms with van der Waals surface area (Å²) in [6.45, 7) is 8.52. The van der Waals surface area contributed by atoms with Gasteiger partial charge in [-0.05, 0) is 75.9 Å². The van der Waals surface area contributed by atoms with Gasteiger partial charge in [-0.15, -0.1) is 0 Å². The van der Waals surface area contributed by atoms with E-state index in [0.717, 1.165) is 98.0 Å². The third-order valence-electron chi connectivity index (χ3n) is 10.4. The van der Waals surface area contributed by atoms with Crippen LogP contribution in [0.25, 0.3) is 28.0 Å². The number of rotatable bonds is 14. The highest BCUT2D eigenvalue weighted by Crippen LogP contribution is 2.35. The molecule has 1 N–H and O–H groups in total. The average Bonchev–Trinajstić information content (AvgIpc) is 3.45. The van der Waals surface area contributed by atoms with E-state index in [4.69, 9.17) is 10.1 Å². The van der Waals surface area contributed by atoms with Crippen LogP contribution in [-0.2, 0) is 6.42 Å². The molecular weight excluding hydrogens is 625 g/mol. The van der Waals surface area contributed by atoms with Crippen LogP contribution in [0.4, 0.5) is 19.0 Å². The van der Waals surface area contributed by atoms with E-state index >= 15 is 0 Å². The molecule has 2 aromatic heterocycles. The largest absolute Gasteiger partial charge is 0.395 e. The molecule has 2 saturated heterocycles. The Morgan fingerprint density at radius 3 is 2.14 bits per heavy atom. The maximum atomic E-state index is 12.9. The predicted molar refractivity (Wildman–Crippen MR) is 191 cm³/mol. The molecule has 0 spiro atoms. The molecule has 0 unspecified atom stereocenters. The quantitative estimate of drug-likeness (QED) is 0.139. The number of nitrogens with zero attached hydrogens (tertiary/aromatic N) is 6. The fourth-order valence-electron chi connectivity index (χ4n) is 7.51. The molecule has 0 radical (unpaired) electrons. The molecule has 4 aromatic rings. The Kier molecular flexibility index (Phi) is 11.9. The minimum absolute atomic E-state index is 0.178. The number of hydrogen-bond acceptors (Lipinski definition) is 6. The Hall–Kier alpha value is -3.47. The zero-order chi connectivity index (χ0) is 34.2. The lowest BCUT2D eigenvalue weighted by Gasteiger charge is -2.35. The van der Waals surface area contributed by atoms with Crippen LogP contribution >= 0.6 is 0 Å². The Morgan fingerprint density at radius 1 is 0.755 bits per heavy atom. The van der Waals surface area contributed by atoms with Crippen LogP contribution in [0.5, 0.6) is 0 Å². The summed E-state index contributed by atoms with van der Waals surface area (Å²) in [5, 5.41) is 14.4. The molecular formula is C39H51F3N6O. The Morgan fingerprint density at radius 2 is 1.43 bits per heavy atom. The van der Waals surface area contributed by atoms with Crippen molar-refractivity contribution in [2.45, 2.75) is 70.9 Å². The van der Waals surface area contributed by atoms with E-state index in [9.17, 15) is 18.3 Å². The van der Waals surface area contributed by atoms with E-state index in [1.165, 1.54) is 24.8 Å². The normalized spacial score (nSPS) is 17.0. The number of hydrogen-bond donors (Lipinski definition) is 1. The second kappa shape index (κ2) is 16.5. The molecule has 0 bridgehead atoms. The van der Waals surface area contributed by atoms with Gasteiger partial charge in [-0.1, -0.05) is 74.2 Å². The van der Waals surface area contributed by atoms with Crippen molar-refractivity contribution in [1.29, 1.82) is 0 Å². The number of unbranched alkanes of at least 4 members (excludes halogenated alkanes) is 5. The van der Waals surface area contributed by atoms with Gasteiger partial charge in [0.2, 0.25) is 0 Å². The van der Waals surface area contributed by atoms with Gasteiger partial charge in [0.05, 0.1) is 23.9 Å². The molecule has 2 fully saturated rings. The standard InChI is InChI=1S/C39H51F3N6O/c1-30-37(32-14-8-6-9-15-32)38-43-35(29-36(48(38)44-30)47-24-22-46(23-25-47)26-27-49)33-16-11-13-31(28-33)12-7-4-2-3-5-10-19-45-20-17-34(18-21-45)39(40,41)42/h6,8-9,11,13-16,28-29,34,49H,2-5,7,10,12,17-27H2,1H3. The molecule has 0 amide bonds. The first kappa shape index (κ1) is 35.4. The molecule has 6 rings (SSSR count). The van der Waals surface area contributed by atoms with Gasteiger partial charge in [-0.2, -0.15) is 22.8 Å². The SMILES string of the molecule is Cc1nn2c(N3CCN(CCO)CC3)cc(-c3cccc(CCCCCCCCN4CCC(C(F)(F)F)CC4)c3)nc2c1-c1ccccc1. The highest BCUT2D eigenvalue weighted by atomic mass is 19.4. The van der Waals surface area contributed by atoms with Crippen LogP contribution in [0.1, 0.15) is 62.6 Å². The first-order valence-corrected chi connectivity index (χ1v) is 18.2. The lowest BCUT2D eigenvalue weighted by atomic mass is 9.96. The van der Waals surface area contributed by atoms with Gasteiger partial charge in [0, 0.05) is 49.9 Å². The monoisotopic (exact) mass is 676 g/mol. The number of aliphatic hydroxyl groups excluding tert-OH is 1. The van der Waals surface area contributed by atoms with Gasteiger partial charge in [0.15, 0.2) is 5.65 Å². The summed E-state index contributed by atoms with van der Waals surface area (Å²) >= 11 is 0. The number of aryl methyl sites for hydroxylation is 2. The van der Waals surface area contributed by atoms with Crippen molar-refractivity contribution in [1.82, 2.24) is 24.4 Å². The first-order valence-electron chi connectivity index (χ1n) is 18.2. The number of piperazine rings is 1. The molecule has 7 nitrogen and oxygen atoms in total. The summed E-state index contributed by atoms with van der Waals surface area (Å²) in [4.78, 5) is 12.2. The third-order valence-corrected chi connectivity index (χ3v) is 10.4. The number of likely N-dealkylation sites (tertiary alicyclic amines) is 1. The second-order valence-corrected chi connectivity index (χ2v) is 13.8. The fraction of sp³-hybridized carbons (Fsp3) is 0.538. The van der Waals surface area contributed by atoms with Crippen molar-refractivity contribution in [2.24, 2.45) is 5.92 Å². The summed E-state index contributed by atoms with van der Waals surface area (Å²) in [6.07, 6.45) is 4.35. The van der Waals surface area contributed by atoms with Crippen LogP contribution < -0.4 is 4.90 Å². The number of fused-ring (bicyclic) bond motifs is 1. The smallest absolute Gasteiger partial charge is 0.391 e. The molecule has 2 aliphatic rings. The van der Waals surface area contributed by atoms with Gasteiger partial charge >= 0.3 is 6.18 Å². The molecule has 2 aromatic carbocycles. The Labute approximate surface area is 288 Å². The maximum Gasteiger partial charge on any atom is 0.391 e. The summed E-state index contributed by atoms with van der Waals surface area (Å²) in [7, 11) is 0. The van der Waals surface area contributed by atoms with Crippen molar-refractivity contribution >= 4 is 11.5 Å². The van der Waals surface area contributed by atoms with Gasteiger partial charge < -0.3 is 14.9 Å². The predicted octanol–water partition coefficient (Wildman–Crippen LogP) is 7.64. The minimum Gasteiger partial charge on any atom is -0.395 e. The molecule has 10 heteroatoms. The number of aromatic nitrogens is 3. The van der Waals surface area contributed by atoms with Crippen LogP contribution in [0.15, 0.2) is 60.7 Å². The molecule has 2 aliphatic heterocycles. The molecule has 4 heterocycles. The Balaban J connectivity index is 1.07. The molecule has 0 saturated carbocycles. The van der Waals surface area contributed by atoms with Gasteiger partial charge in [-0.3, -0.25) is 4.90 Å². The molecule has 0 atom stereocenters. The average molecular weight is 677 g/mol. The van der Waals surface area contributed by atoms with E-state index in [1.807, 2.05) is 10.6 Å². The molecule has 264 valence electrons. The number of alkyl halides is 3. The molecule has 49 heavy (non-hydrogen) atoms. The minimum atomic E-state index is -4.04. The third kappa shape index (κ3) is 9.01. The number of benzene rings is 2. The zero-order valence-electron chi connectivity index (χ0n) is 28.8. The van der Waals surface area contributed by atoms with Gasteiger partial charge in [0.1, 0.15) is 5.82 Å². The highest BCUT2D eigenvalue weighted by Gasteiger charge is 2.40. The van der Waals surface area contributed by atoms with Gasteiger partial charge in [0.25, 0.3) is 0 Å². The second-order valence-electron chi connectivity index (χ2n) is 13.8. The fourth-order valence-corrected chi connectivity index (χ4v) is 7.51. The number of halogens is 3. The summed E-state index contributed by atoms with van der Waals surface area (Å²) in [5.74, 6) is -0.0645. The maximum absolute atomic E-state index is 12.9. The van der Waals surface area contributed by atoms with Crippen LogP contribution in [-0.4, -0.2) is 94.6 Å². The number of β-amino-alcohol motifs (C(OH)–C–C–N with tert-alkyl or cyclic N) is 1. The van der Waals surface area contributed by atoms with Crippen LogP contribution in [0.2, 0.25) is 0 Å². The van der Waals surface area contributed by atoms with Crippen molar-refractivity contribution in [3.05, 3.63) is 71.9 Å². The highest BCUT2D eigenvalue weighted by molar-refractivity contribution is 5.83. The van der Waals surface area contributed by atoms with Crippen molar-refractivity contribution in [3.63, 3.8) is 0 Å². The van der Waals surface area contributed by atoms with E-state index < -0.39 is 12.1 Å². The summed E-state index contributed by atoms with van der Waals surface area (Å²) < 4.78 is 40.8. The van der Waals surface area contributed by atoms with E-state index in [-0.39, 0.29) is 19.4 Å². The van der Waals surface area contributed by atoms with Crippen molar-refractivity contribution in [2.75, 3.05) is 63.9 Å². The van der Waals surface area contributed by atoms with Crippen molar-refractivity contribution < 1.29 is 18.3 Å². The van der Waals surface area contributed by atoms with E-state index in [0.29, 0.717) is 19.6 Å². The molecule has 0 aliphatic carbocycles. The lowest BCUT2D eigenvalue weighted by Crippen LogP contribution is -2.47. The summed E-state index contributed by atoms with van der Waals surface area (Å²) in [5.41, 5.74) is 7.36. The Bertz CT molecular complexity index is 1630. The topological polar surface area (TPSA) is 60.1 Å². The van der Waals surface area contributed by atoms with E-state index in [1.54, 1.807) is 0 Å². The number of anilines is 1. The van der Waals surface area contributed by atoms with Crippen LogP contribution in [0, 0.1) is 12.8 Å². The first-order chi connectivity index (χ1) is 23.8. The summed E-state index contributed by atoms with van der Waals surface area (Å²) in [6, 6.07) is 21.4. The van der Waals surface area contributed by atoms with E-state index in [2.05, 4.69) is 76.2 Å². The zero-order valence-corrected chi connectivity index (χ0v) is 28.8. The van der Waals surface area contributed by atoms with Gasteiger partial charge in [-0.25, -0.2) is 4.98 Å². The lowest BCUT2D eigenvalue weighted by molar-refractivity contribution is -0.185.